The van der Waals surface area contributed by atoms with Crippen molar-refractivity contribution in [1.29, 1.82) is 0 Å². The summed E-state index contributed by atoms with van der Waals surface area (Å²) in [4.78, 5) is 38.0. The molecule has 1 aliphatic carbocycles. The number of carbonyl (C=O) groups excluding carboxylic acids is 2. The molecule has 2 atom stereocenters. The Morgan fingerprint density at radius 1 is 1.10 bits per heavy atom. The van der Waals surface area contributed by atoms with Crippen LogP contribution < -0.4 is 5.32 Å². The fourth-order valence-corrected chi connectivity index (χ4v) is 4.67. The zero-order chi connectivity index (χ0) is 22.1. The molecule has 2 N–H and O–H groups in total. The van der Waals surface area contributed by atoms with Gasteiger partial charge in [0.2, 0.25) is 5.91 Å². The summed E-state index contributed by atoms with van der Waals surface area (Å²) in [5, 5.41) is 12.1. The van der Waals surface area contributed by atoms with Crippen molar-refractivity contribution in [1.82, 2.24) is 10.2 Å². The summed E-state index contributed by atoms with van der Waals surface area (Å²) in [6, 6.07) is 14.5. The van der Waals surface area contributed by atoms with Crippen molar-refractivity contribution in [3.8, 4) is 11.1 Å². The number of alkyl carbamates (subject to hydrolysis) is 1. The number of rotatable bonds is 6. The van der Waals surface area contributed by atoms with E-state index in [1.54, 1.807) is 13.8 Å². The van der Waals surface area contributed by atoms with Gasteiger partial charge >= 0.3 is 12.1 Å². The molecule has 1 heterocycles. The number of benzene rings is 2. The third-order valence-corrected chi connectivity index (χ3v) is 6.10. The fraction of sp³-hybridized carbons (Fsp3) is 0.375. The second kappa shape index (κ2) is 8.41. The highest BCUT2D eigenvalue weighted by atomic mass is 16.5. The Labute approximate surface area is 181 Å². The van der Waals surface area contributed by atoms with E-state index in [1.807, 2.05) is 36.4 Å². The first-order valence-corrected chi connectivity index (χ1v) is 10.5. The number of carbonyl (C=O) groups is 3. The second-order valence-electron chi connectivity index (χ2n) is 8.37. The van der Waals surface area contributed by atoms with Crippen LogP contribution in [0.1, 0.15) is 37.3 Å². The van der Waals surface area contributed by atoms with E-state index in [0.717, 1.165) is 22.3 Å². The van der Waals surface area contributed by atoms with Crippen molar-refractivity contribution >= 4 is 18.0 Å². The number of likely N-dealkylation sites (tertiary alicyclic amines) is 1. The lowest BCUT2D eigenvalue weighted by Gasteiger charge is -2.27. The maximum absolute atomic E-state index is 12.7. The number of nitrogens with one attached hydrogen (secondary N) is 1. The summed E-state index contributed by atoms with van der Waals surface area (Å²) in [6.07, 6.45) is -0.307. The third kappa shape index (κ3) is 3.87. The highest BCUT2D eigenvalue weighted by molar-refractivity contribution is 5.91. The molecule has 162 valence electrons. The second-order valence-corrected chi connectivity index (χ2v) is 8.37. The number of fused-ring (bicyclic) bond motifs is 3. The van der Waals surface area contributed by atoms with Gasteiger partial charge in [0.25, 0.3) is 0 Å². The molecule has 0 radical (unpaired) electrons. The lowest BCUT2D eigenvalue weighted by molar-refractivity contribution is -0.150. The molecule has 31 heavy (non-hydrogen) atoms. The Balaban J connectivity index is 1.40. The third-order valence-electron chi connectivity index (χ3n) is 6.10. The predicted molar refractivity (Wildman–Crippen MR) is 115 cm³/mol. The van der Waals surface area contributed by atoms with Gasteiger partial charge in [-0.3, -0.25) is 4.79 Å². The van der Waals surface area contributed by atoms with Gasteiger partial charge < -0.3 is 20.1 Å². The Bertz CT molecular complexity index is 973. The molecule has 2 aromatic carbocycles. The normalized spacial score (nSPS) is 18.6. The molecule has 0 spiro atoms. The Kier molecular flexibility index (Phi) is 5.67. The molecule has 2 aliphatic rings. The number of amides is 2. The summed E-state index contributed by atoms with van der Waals surface area (Å²) in [5.41, 5.74) is 4.51. The first kappa shape index (κ1) is 20.9. The van der Waals surface area contributed by atoms with E-state index in [0.29, 0.717) is 13.0 Å². The van der Waals surface area contributed by atoms with Crippen LogP contribution >= 0.6 is 0 Å². The van der Waals surface area contributed by atoms with E-state index in [1.165, 1.54) is 4.90 Å². The lowest BCUT2D eigenvalue weighted by atomic mass is 9.98. The summed E-state index contributed by atoms with van der Waals surface area (Å²) in [7, 11) is 0. The van der Waals surface area contributed by atoms with Crippen LogP contribution in [0.4, 0.5) is 4.79 Å². The maximum atomic E-state index is 12.7. The molecule has 7 heteroatoms. The van der Waals surface area contributed by atoms with E-state index < -0.39 is 24.1 Å². The number of ether oxygens (including phenoxy) is 1. The van der Waals surface area contributed by atoms with Gasteiger partial charge in [-0.25, -0.2) is 9.59 Å². The van der Waals surface area contributed by atoms with Crippen molar-refractivity contribution in [3.63, 3.8) is 0 Å². The molecule has 2 unspecified atom stereocenters. The van der Waals surface area contributed by atoms with Crippen molar-refractivity contribution in [2.75, 3.05) is 13.2 Å². The lowest BCUT2D eigenvalue weighted by Crippen LogP contribution is -2.49. The van der Waals surface area contributed by atoms with Gasteiger partial charge in [-0.1, -0.05) is 62.4 Å². The van der Waals surface area contributed by atoms with Crippen LogP contribution in [0.2, 0.25) is 0 Å². The van der Waals surface area contributed by atoms with Gasteiger partial charge in [-0.15, -0.1) is 0 Å². The minimum atomic E-state index is -1.04. The Morgan fingerprint density at radius 3 is 2.23 bits per heavy atom. The molecular weight excluding hydrogens is 396 g/mol. The largest absolute Gasteiger partial charge is 0.480 e. The zero-order valence-electron chi connectivity index (χ0n) is 17.6. The minimum absolute atomic E-state index is 0.0636. The van der Waals surface area contributed by atoms with Crippen LogP contribution in [0, 0.1) is 5.92 Å². The fourth-order valence-electron chi connectivity index (χ4n) is 4.67. The Morgan fingerprint density at radius 2 is 1.68 bits per heavy atom. The highest BCUT2D eigenvalue weighted by Gasteiger charge is 2.41. The smallest absolute Gasteiger partial charge is 0.407 e. The summed E-state index contributed by atoms with van der Waals surface area (Å²) in [5.74, 6) is -1.71. The van der Waals surface area contributed by atoms with Crippen LogP contribution in [0.5, 0.6) is 0 Å². The molecule has 2 amide bonds. The van der Waals surface area contributed by atoms with Crippen molar-refractivity contribution in [2.24, 2.45) is 5.92 Å². The molecule has 0 aromatic heterocycles. The van der Waals surface area contributed by atoms with Gasteiger partial charge in [0, 0.05) is 12.5 Å². The van der Waals surface area contributed by atoms with Gasteiger partial charge in [0.15, 0.2) is 0 Å². The molecular formula is C24H26N2O5. The average molecular weight is 422 g/mol. The first-order valence-electron chi connectivity index (χ1n) is 10.5. The van der Waals surface area contributed by atoms with E-state index >= 15 is 0 Å². The average Bonchev–Trinajstić information content (AvgIpc) is 3.25. The monoisotopic (exact) mass is 422 g/mol. The van der Waals surface area contributed by atoms with Crippen LogP contribution in [-0.2, 0) is 14.3 Å². The maximum Gasteiger partial charge on any atom is 0.407 e. The molecule has 1 fully saturated rings. The number of hydrogen-bond acceptors (Lipinski definition) is 4. The number of nitrogens with zero attached hydrogens (tertiary/aromatic N) is 1. The van der Waals surface area contributed by atoms with Crippen LogP contribution in [0.3, 0.4) is 0 Å². The molecule has 1 saturated heterocycles. The standard InChI is InChI=1S/C24H26N2O5/c1-14(2)21(23(28)29)26-12-11-20(22(26)27)25-24(30)31-13-19-17-9-5-3-7-15(17)16-8-4-6-10-18(16)19/h3-10,14,19-21H,11-13H2,1-2H3,(H,25,30)(H,28,29). The van der Waals surface area contributed by atoms with E-state index in [9.17, 15) is 19.5 Å². The summed E-state index contributed by atoms with van der Waals surface area (Å²) < 4.78 is 5.50. The van der Waals surface area contributed by atoms with E-state index in [4.69, 9.17) is 4.74 Å². The molecule has 0 bridgehead atoms. The van der Waals surface area contributed by atoms with E-state index in [-0.39, 0.29) is 24.3 Å². The quantitative estimate of drug-likeness (QED) is 0.745. The van der Waals surface area contributed by atoms with Crippen LogP contribution in [-0.4, -0.2) is 53.2 Å². The predicted octanol–water partition coefficient (Wildman–Crippen LogP) is 3.24. The van der Waals surface area contributed by atoms with Gasteiger partial charge in [-0.2, -0.15) is 0 Å². The summed E-state index contributed by atoms with van der Waals surface area (Å²) >= 11 is 0. The minimum Gasteiger partial charge on any atom is -0.480 e. The van der Waals surface area contributed by atoms with Gasteiger partial charge in [0.05, 0.1) is 0 Å². The first-order chi connectivity index (χ1) is 14.9. The Hall–Kier alpha value is -3.35. The van der Waals surface area contributed by atoms with Crippen molar-refractivity contribution in [3.05, 3.63) is 59.7 Å². The zero-order valence-corrected chi connectivity index (χ0v) is 17.6. The van der Waals surface area contributed by atoms with Crippen LogP contribution in [0.25, 0.3) is 11.1 Å². The topological polar surface area (TPSA) is 95.9 Å². The number of aliphatic carboxylic acids is 1. The molecule has 0 saturated carbocycles. The molecule has 2 aromatic rings. The SMILES string of the molecule is CC(C)C(C(=O)O)N1CCC(NC(=O)OCC2c3ccccc3-c3ccccc32)C1=O. The molecule has 4 rings (SSSR count). The van der Waals surface area contributed by atoms with Crippen molar-refractivity contribution < 1.29 is 24.2 Å². The van der Waals surface area contributed by atoms with E-state index in [2.05, 4.69) is 17.4 Å². The highest BCUT2D eigenvalue weighted by Crippen LogP contribution is 2.44. The number of carboxylic acids is 1. The van der Waals surface area contributed by atoms with Gasteiger partial charge in [0.1, 0.15) is 18.7 Å². The molecule has 1 aliphatic heterocycles. The molecule has 7 nitrogen and oxygen atoms in total. The number of carboxylic acid groups (broad SMARTS) is 1. The van der Waals surface area contributed by atoms with Crippen molar-refractivity contribution in [2.45, 2.75) is 38.3 Å². The van der Waals surface area contributed by atoms with Crippen LogP contribution in [0.15, 0.2) is 48.5 Å². The number of hydrogen-bond donors (Lipinski definition) is 2. The summed E-state index contributed by atoms with van der Waals surface area (Å²) in [6.45, 7) is 3.98. The van der Waals surface area contributed by atoms with Gasteiger partial charge in [-0.05, 0) is 34.6 Å².